The van der Waals surface area contributed by atoms with E-state index in [1.54, 1.807) is 0 Å². The fraction of sp³-hybridized carbons (Fsp3) is 0.444. The van der Waals surface area contributed by atoms with Crippen LogP contribution in [0.4, 0.5) is 10.1 Å². The van der Waals surface area contributed by atoms with Gasteiger partial charge in [-0.2, -0.15) is 0 Å². The first-order valence-corrected chi connectivity index (χ1v) is 4.31. The first kappa shape index (κ1) is 8.44. The van der Waals surface area contributed by atoms with Crippen LogP contribution in [0.5, 0.6) is 0 Å². The van der Waals surface area contributed by atoms with Gasteiger partial charge in [0, 0.05) is 32.1 Å². The van der Waals surface area contributed by atoms with Crippen molar-refractivity contribution < 1.29 is 4.39 Å². The molecule has 1 aromatic rings. The van der Waals surface area contributed by atoms with Crippen molar-refractivity contribution in [3.05, 3.63) is 23.3 Å². The van der Waals surface area contributed by atoms with Crippen LogP contribution >= 0.6 is 0 Å². The molecule has 2 N–H and O–H groups in total. The Hall–Kier alpha value is -1.16. The molecule has 0 saturated carbocycles. The minimum absolute atomic E-state index is 0.237. The minimum Gasteiger partial charge on any atom is -0.372 e. The molecule has 0 bridgehead atoms. The molecule has 0 radical (unpaired) electrons. The monoisotopic (exact) mass is 181 g/mol. The first-order valence-electron chi connectivity index (χ1n) is 4.31. The summed E-state index contributed by atoms with van der Waals surface area (Å²) in [7, 11) is 1.94. The predicted molar refractivity (Wildman–Crippen MR) is 49.1 cm³/mol. The highest BCUT2D eigenvalue weighted by Gasteiger charge is 2.22. The van der Waals surface area contributed by atoms with Crippen LogP contribution in [0.15, 0.2) is 6.20 Å². The van der Waals surface area contributed by atoms with Gasteiger partial charge in [-0.1, -0.05) is 0 Å². The summed E-state index contributed by atoms with van der Waals surface area (Å²) in [6, 6.07) is 0. The summed E-state index contributed by atoms with van der Waals surface area (Å²) in [5.74, 6) is -0.296. The fourth-order valence-electron chi connectivity index (χ4n) is 1.77. The molecule has 4 heteroatoms. The maximum absolute atomic E-state index is 13.2. The second kappa shape index (κ2) is 2.96. The van der Waals surface area contributed by atoms with Gasteiger partial charge in [0.25, 0.3) is 0 Å². The van der Waals surface area contributed by atoms with E-state index in [0.29, 0.717) is 5.56 Å². The molecule has 0 spiro atoms. The van der Waals surface area contributed by atoms with Crippen molar-refractivity contribution in [1.29, 1.82) is 0 Å². The van der Waals surface area contributed by atoms with Crippen molar-refractivity contribution in [2.24, 2.45) is 5.73 Å². The van der Waals surface area contributed by atoms with Crippen LogP contribution in [-0.2, 0) is 13.0 Å². The van der Waals surface area contributed by atoms with Crippen LogP contribution in [-0.4, -0.2) is 18.6 Å². The van der Waals surface area contributed by atoms with Crippen LogP contribution in [0.2, 0.25) is 0 Å². The third-order valence-corrected chi connectivity index (χ3v) is 2.45. The summed E-state index contributed by atoms with van der Waals surface area (Å²) in [6.07, 6.45) is 2.15. The average molecular weight is 181 g/mol. The summed E-state index contributed by atoms with van der Waals surface area (Å²) in [5.41, 5.74) is 7.93. The lowest BCUT2D eigenvalue weighted by Gasteiger charge is -2.15. The van der Waals surface area contributed by atoms with Crippen molar-refractivity contribution in [2.75, 3.05) is 18.5 Å². The summed E-state index contributed by atoms with van der Waals surface area (Å²) in [6.45, 7) is 1.14. The Morgan fingerprint density at radius 3 is 3.15 bits per heavy atom. The van der Waals surface area contributed by atoms with Crippen LogP contribution in [0.25, 0.3) is 0 Å². The van der Waals surface area contributed by atoms with Gasteiger partial charge in [-0.25, -0.2) is 4.39 Å². The van der Waals surface area contributed by atoms with Crippen molar-refractivity contribution in [3.8, 4) is 0 Å². The number of likely N-dealkylation sites (N-methyl/N-ethyl adjacent to an activating group) is 1. The molecule has 0 unspecified atom stereocenters. The number of rotatable bonds is 1. The number of halogens is 1. The minimum atomic E-state index is -0.296. The molecule has 2 heterocycles. The number of hydrogen-bond donors (Lipinski definition) is 1. The highest BCUT2D eigenvalue weighted by molar-refractivity contribution is 5.60. The van der Waals surface area contributed by atoms with Gasteiger partial charge in [0.2, 0.25) is 0 Å². The third kappa shape index (κ3) is 1.18. The van der Waals surface area contributed by atoms with Crippen LogP contribution in [0.1, 0.15) is 11.3 Å². The zero-order chi connectivity index (χ0) is 9.42. The zero-order valence-electron chi connectivity index (χ0n) is 7.55. The largest absolute Gasteiger partial charge is 0.372 e. The normalized spacial score (nSPS) is 14.8. The number of fused-ring (bicyclic) bond motifs is 1. The molecular weight excluding hydrogens is 169 g/mol. The summed E-state index contributed by atoms with van der Waals surface area (Å²) < 4.78 is 13.2. The lowest BCUT2D eigenvalue weighted by Crippen LogP contribution is -2.16. The summed E-state index contributed by atoms with van der Waals surface area (Å²) in [5, 5.41) is 0. The zero-order valence-corrected chi connectivity index (χ0v) is 7.55. The Morgan fingerprint density at radius 2 is 2.46 bits per heavy atom. The van der Waals surface area contributed by atoms with Gasteiger partial charge >= 0.3 is 0 Å². The fourth-order valence-corrected chi connectivity index (χ4v) is 1.77. The number of pyridine rings is 1. The lowest BCUT2D eigenvalue weighted by atomic mass is 10.1. The molecule has 1 aromatic heterocycles. The van der Waals surface area contributed by atoms with Crippen LogP contribution in [0, 0.1) is 5.82 Å². The smallest absolute Gasteiger partial charge is 0.148 e. The van der Waals surface area contributed by atoms with Gasteiger partial charge in [0.1, 0.15) is 5.82 Å². The first-order chi connectivity index (χ1) is 6.24. The Bertz CT molecular complexity index is 338. The van der Waals surface area contributed by atoms with Gasteiger partial charge in [-0.05, 0) is 0 Å². The Labute approximate surface area is 76.4 Å². The Kier molecular flexibility index (Phi) is 1.92. The van der Waals surface area contributed by atoms with E-state index in [1.165, 1.54) is 6.20 Å². The standard InChI is InChI=1S/C9H12FN3/c1-13-3-2-8-9(13)6(4-11)7(10)5-12-8/h5H,2-4,11H2,1H3. The SMILES string of the molecule is CN1CCc2ncc(F)c(CN)c21. The van der Waals surface area contributed by atoms with E-state index in [9.17, 15) is 4.39 Å². The molecule has 0 aromatic carbocycles. The number of nitrogens with zero attached hydrogens (tertiary/aromatic N) is 2. The number of aromatic nitrogens is 1. The average Bonchev–Trinajstić information content (AvgIpc) is 2.49. The second-order valence-corrected chi connectivity index (χ2v) is 3.26. The van der Waals surface area contributed by atoms with Crippen molar-refractivity contribution in [2.45, 2.75) is 13.0 Å². The molecule has 0 saturated heterocycles. The molecule has 2 rings (SSSR count). The summed E-state index contributed by atoms with van der Waals surface area (Å²) in [4.78, 5) is 6.05. The van der Waals surface area contributed by atoms with E-state index in [-0.39, 0.29) is 12.4 Å². The topological polar surface area (TPSA) is 42.2 Å². The number of anilines is 1. The lowest BCUT2D eigenvalue weighted by molar-refractivity contribution is 0.603. The van der Waals surface area contributed by atoms with Gasteiger partial charge < -0.3 is 10.6 Å². The number of nitrogens with two attached hydrogens (primary N) is 1. The number of hydrogen-bond acceptors (Lipinski definition) is 3. The van der Waals surface area contributed by atoms with Crippen molar-refractivity contribution in [1.82, 2.24) is 4.98 Å². The van der Waals surface area contributed by atoms with E-state index in [4.69, 9.17) is 5.73 Å². The van der Waals surface area contributed by atoms with E-state index in [2.05, 4.69) is 4.98 Å². The molecule has 70 valence electrons. The van der Waals surface area contributed by atoms with E-state index in [0.717, 1.165) is 24.3 Å². The molecular formula is C9H12FN3. The van der Waals surface area contributed by atoms with E-state index >= 15 is 0 Å². The molecule has 3 nitrogen and oxygen atoms in total. The molecule has 1 aliphatic rings. The molecule has 0 atom stereocenters. The van der Waals surface area contributed by atoms with E-state index < -0.39 is 0 Å². The maximum Gasteiger partial charge on any atom is 0.148 e. The van der Waals surface area contributed by atoms with Crippen LogP contribution < -0.4 is 10.6 Å². The van der Waals surface area contributed by atoms with Gasteiger partial charge in [0.05, 0.1) is 17.6 Å². The van der Waals surface area contributed by atoms with Gasteiger partial charge in [-0.15, -0.1) is 0 Å². The highest BCUT2D eigenvalue weighted by atomic mass is 19.1. The van der Waals surface area contributed by atoms with Gasteiger partial charge in [-0.3, -0.25) is 4.98 Å². The molecule has 13 heavy (non-hydrogen) atoms. The Morgan fingerprint density at radius 1 is 1.69 bits per heavy atom. The maximum atomic E-state index is 13.2. The second-order valence-electron chi connectivity index (χ2n) is 3.26. The molecule has 0 aliphatic carbocycles. The van der Waals surface area contributed by atoms with Crippen molar-refractivity contribution >= 4 is 5.69 Å². The van der Waals surface area contributed by atoms with Crippen LogP contribution in [0.3, 0.4) is 0 Å². The molecule has 0 amide bonds. The van der Waals surface area contributed by atoms with Crippen molar-refractivity contribution in [3.63, 3.8) is 0 Å². The quantitative estimate of drug-likeness (QED) is 0.692. The highest BCUT2D eigenvalue weighted by Crippen LogP contribution is 2.30. The molecule has 0 fully saturated rings. The third-order valence-electron chi connectivity index (χ3n) is 2.45. The predicted octanol–water partition coefficient (Wildman–Crippen LogP) is 0.672. The van der Waals surface area contributed by atoms with E-state index in [1.807, 2.05) is 11.9 Å². The Balaban J connectivity index is 2.60. The molecule has 1 aliphatic heterocycles. The van der Waals surface area contributed by atoms with Gasteiger partial charge in [0.15, 0.2) is 0 Å². The summed E-state index contributed by atoms with van der Waals surface area (Å²) >= 11 is 0.